The molecule has 1 spiro atoms. The summed E-state index contributed by atoms with van der Waals surface area (Å²) in [5.74, 6) is 0.0510. The second-order valence-electron chi connectivity index (χ2n) is 6.97. The van der Waals surface area contributed by atoms with Crippen molar-refractivity contribution >= 4 is 28.4 Å². The lowest BCUT2D eigenvalue weighted by Crippen LogP contribution is -2.40. The number of benzene rings is 1. The Morgan fingerprint density at radius 3 is 2.96 bits per heavy atom. The normalized spacial score (nSPS) is 23.2. The summed E-state index contributed by atoms with van der Waals surface area (Å²) >= 11 is 6.01. The number of ether oxygens (including phenoxy) is 1. The predicted molar refractivity (Wildman–Crippen MR) is 92.1 cm³/mol. The summed E-state index contributed by atoms with van der Waals surface area (Å²) in [6.07, 6.45) is 1.50. The Kier molecular flexibility index (Phi) is 4.03. The van der Waals surface area contributed by atoms with Crippen LogP contribution in [0.25, 0.3) is 10.9 Å². The number of carbonyl (C=O) groups excluding carboxylic acids is 1. The number of carbonyl (C=O) groups is 1. The van der Waals surface area contributed by atoms with E-state index in [4.69, 9.17) is 16.3 Å². The molecule has 24 heavy (non-hydrogen) atoms. The van der Waals surface area contributed by atoms with Gasteiger partial charge < -0.3 is 19.7 Å². The fourth-order valence-electron chi connectivity index (χ4n) is 3.95. The summed E-state index contributed by atoms with van der Waals surface area (Å²) < 4.78 is 5.41. The molecule has 0 radical (unpaired) electrons. The zero-order valence-electron chi connectivity index (χ0n) is 13.4. The van der Waals surface area contributed by atoms with Crippen molar-refractivity contribution in [3.8, 4) is 0 Å². The van der Waals surface area contributed by atoms with Crippen molar-refractivity contribution in [1.82, 2.24) is 9.88 Å². The summed E-state index contributed by atoms with van der Waals surface area (Å²) in [5.41, 5.74) is 1.67. The number of hydrogen-bond acceptors (Lipinski definition) is 3. The highest BCUT2D eigenvalue weighted by Gasteiger charge is 2.47. The first-order valence-electron chi connectivity index (χ1n) is 8.36. The van der Waals surface area contributed by atoms with Gasteiger partial charge in [-0.1, -0.05) is 11.6 Å². The van der Waals surface area contributed by atoms with E-state index in [9.17, 15) is 9.90 Å². The molecule has 0 aliphatic carbocycles. The van der Waals surface area contributed by atoms with E-state index >= 15 is 0 Å². The predicted octanol–water partition coefficient (Wildman–Crippen LogP) is 2.36. The lowest BCUT2D eigenvalue weighted by molar-refractivity contribution is -0.130. The van der Waals surface area contributed by atoms with Gasteiger partial charge in [-0.25, -0.2) is 0 Å². The summed E-state index contributed by atoms with van der Waals surface area (Å²) in [7, 11) is 0. The fourth-order valence-corrected chi connectivity index (χ4v) is 4.13. The summed E-state index contributed by atoms with van der Waals surface area (Å²) in [4.78, 5) is 17.7. The lowest BCUT2D eigenvalue weighted by atomic mass is 9.77. The van der Waals surface area contributed by atoms with E-state index in [-0.39, 0.29) is 11.3 Å². The van der Waals surface area contributed by atoms with Crippen LogP contribution in [0.5, 0.6) is 0 Å². The van der Waals surface area contributed by atoms with Gasteiger partial charge in [-0.05, 0) is 37.1 Å². The molecule has 2 fully saturated rings. The number of H-pyrrole nitrogens is 1. The van der Waals surface area contributed by atoms with Crippen molar-refractivity contribution in [2.24, 2.45) is 5.41 Å². The molecule has 2 N–H and O–H groups in total. The van der Waals surface area contributed by atoms with Crippen LogP contribution in [0.2, 0.25) is 5.02 Å². The number of amides is 1. The van der Waals surface area contributed by atoms with Gasteiger partial charge in [-0.3, -0.25) is 4.79 Å². The van der Waals surface area contributed by atoms with Crippen molar-refractivity contribution in [3.63, 3.8) is 0 Å². The third-order valence-corrected chi connectivity index (χ3v) is 5.66. The Morgan fingerprint density at radius 2 is 2.17 bits per heavy atom. The van der Waals surface area contributed by atoms with Crippen molar-refractivity contribution in [2.45, 2.75) is 25.4 Å². The Balaban J connectivity index is 1.47. The fraction of sp³-hybridized carbons (Fsp3) is 0.500. The Hall–Kier alpha value is -1.56. The number of β-amino-alcohol motifs (C(OH)–C–C–N with tert-alkyl or cyclic N) is 1. The molecule has 6 heteroatoms. The Bertz CT molecular complexity index is 767. The maximum absolute atomic E-state index is 12.7. The van der Waals surface area contributed by atoms with Crippen LogP contribution in [0.4, 0.5) is 0 Å². The molecular weight excluding hydrogens is 328 g/mol. The van der Waals surface area contributed by atoms with E-state index in [0.717, 1.165) is 29.4 Å². The van der Waals surface area contributed by atoms with Gasteiger partial charge in [-0.15, -0.1) is 0 Å². The van der Waals surface area contributed by atoms with E-state index in [1.165, 1.54) is 0 Å². The first-order chi connectivity index (χ1) is 11.6. The summed E-state index contributed by atoms with van der Waals surface area (Å²) in [6.45, 7) is 2.39. The van der Waals surface area contributed by atoms with Crippen LogP contribution in [-0.2, 0) is 16.0 Å². The van der Waals surface area contributed by atoms with Crippen LogP contribution < -0.4 is 0 Å². The molecule has 1 atom stereocenters. The molecule has 2 aliphatic rings. The molecule has 2 aromatic rings. The third kappa shape index (κ3) is 2.81. The number of aromatic nitrogens is 1. The molecule has 1 unspecified atom stereocenters. The van der Waals surface area contributed by atoms with E-state index in [1.807, 2.05) is 24.3 Å². The average molecular weight is 349 g/mol. The largest absolute Gasteiger partial charge is 0.391 e. The van der Waals surface area contributed by atoms with Gasteiger partial charge in [0.25, 0.3) is 0 Å². The van der Waals surface area contributed by atoms with Gasteiger partial charge in [0.2, 0.25) is 5.91 Å². The maximum Gasteiger partial charge on any atom is 0.228 e. The van der Waals surface area contributed by atoms with Crippen molar-refractivity contribution in [3.05, 3.63) is 35.0 Å². The standard InChI is InChI=1S/C18H21ClN2O3/c19-13-1-2-15-12(7-13)8-14(20-15)9-17(23)21-10-16(22)18(11-21)3-5-24-6-4-18/h1-2,7-8,16,20,22H,3-6,9-11H2. The lowest BCUT2D eigenvalue weighted by Gasteiger charge is -2.35. The van der Waals surface area contributed by atoms with Crippen molar-refractivity contribution in [1.29, 1.82) is 0 Å². The van der Waals surface area contributed by atoms with E-state index in [0.29, 0.717) is 37.7 Å². The molecule has 5 nitrogen and oxygen atoms in total. The molecule has 1 amide bonds. The third-order valence-electron chi connectivity index (χ3n) is 5.43. The van der Waals surface area contributed by atoms with E-state index in [2.05, 4.69) is 4.98 Å². The van der Waals surface area contributed by atoms with Crippen LogP contribution in [-0.4, -0.2) is 53.3 Å². The van der Waals surface area contributed by atoms with Gasteiger partial charge in [0.15, 0.2) is 0 Å². The number of aromatic amines is 1. The number of nitrogens with zero attached hydrogens (tertiary/aromatic N) is 1. The number of likely N-dealkylation sites (tertiary alicyclic amines) is 1. The zero-order valence-corrected chi connectivity index (χ0v) is 14.2. The molecule has 128 valence electrons. The van der Waals surface area contributed by atoms with E-state index in [1.54, 1.807) is 4.90 Å². The minimum Gasteiger partial charge on any atom is -0.391 e. The number of aliphatic hydroxyl groups is 1. The van der Waals surface area contributed by atoms with Gasteiger partial charge in [0, 0.05) is 53.3 Å². The minimum atomic E-state index is -0.452. The smallest absolute Gasteiger partial charge is 0.228 e. The second kappa shape index (κ2) is 6.06. The molecule has 0 saturated carbocycles. The van der Waals surface area contributed by atoms with Crippen LogP contribution in [0.3, 0.4) is 0 Å². The molecule has 4 rings (SSSR count). The molecule has 3 heterocycles. The zero-order chi connectivity index (χ0) is 16.7. The number of fused-ring (bicyclic) bond motifs is 1. The van der Waals surface area contributed by atoms with Gasteiger partial charge in [0.05, 0.1) is 12.5 Å². The molecule has 1 aromatic carbocycles. The van der Waals surface area contributed by atoms with Crippen molar-refractivity contribution in [2.75, 3.05) is 26.3 Å². The number of aliphatic hydroxyl groups excluding tert-OH is 1. The molecule has 2 aliphatic heterocycles. The van der Waals surface area contributed by atoms with Gasteiger partial charge in [-0.2, -0.15) is 0 Å². The van der Waals surface area contributed by atoms with Crippen LogP contribution >= 0.6 is 11.6 Å². The average Bonchev–Trinajstić information content (AvgIpc) is 3.09. The quantitative estimate of drug-likeness (QED) is 0.875. The first kappa shape index (κ1) is 15.9. The second-order valence-corrected chi connectivity index (χ2v) is 7.40. The van der Waals surface area contributed by atoms with Gasteiger partial charge >= 0.3 is 0 Å². The van der Waals surface area contributed by atoms with Crippen LogP contribution in [0.15, 0.2) is 24.3 Å². The van der Waals surface area contributed by atoms with Gasteiger partial charge in [0.1, 0.15) is 0 Å². The summed E-state index contributed by atoms with van der Waals surface area (Å²) in [5, 5.41) is 12.2. The number of nitrogens with one attached hydrogen (secondary N) is 1. The highest BCUT2D eigenvalue weighted by Crippen LogP contribution is 2.40. The minimum absolute atomic E-state index is 0.0510. The Morgan fingerprint density at radius 1 is 1.38 bits per heavy atom. The first-order valence-corrected chi connectivity index (χ1v) is 8.74. The molecule has 0 bridgehead atoms. The Labute approximate surface area is 145 Å². The van der Waals surface area contributed by atoms with Crippen LogP contribution in [0.1, 0.15) is 18.5 Å². The summed E-state index contributed by atoms with van der Waals surface area (Å²) in [6, 6.07) is 7.60. The molecule has 2 saturated heterocycles. The monoisotopic (exact) mass is 348 g/mol. The number of hydrogen-bond donors (Lipinski definition) is 2. The topological polar surface area (TPSA) is 65.6 Å². The van der Waals surface area contributed by atoms with Crippen molar-refractivity contribution < 1.29 is 14.6 Å². The molecular formula is C18H21ClN2O3. The maximum atomic E-state index is 12.7. The number of halogens is 1. The SMILES string of the molecule is O=C(Cc1cc2cc(Cl)ccc2[nH]1)N1CC(O)C2(CCOCC2)C1. The van der Waals surface area contributed by atoms with E-state index < -0.39 is 6.10 Å². The van der Waals surface area contributed by atoms with Crippen LogP contribution in [0, 0.1) is 5.41 Å². The molecule has 1 aromatic heterocycles. The number of rotatable bonds is 2. The highest BCUT2D eigenvalue weighted by atomic mass is 35.5. The highest BCUT2D eigenvalue weighted by molar-refractivity contribution is 6.31.